The van der Waals surface area contributed by atoms with Crippen molar-refractivity contribution in [1.82, 2.24) is 61.4 Å². The Morgan fingerprint density at radius 3 is 1.49 bits per heavy atom. The minimum Gasteiger partial charge on any atom is -0.508 e. The zero-order valence-electron chi connectivity index (χ0n) is 74.3. The quantitative estimate of drug-likeness (QED) is 0.0319. The summed E-state index contributed by atoms with van der Waals surface area (Å²) in [6, 6.07) is 32.6. The predicted molar refractivity (Wildman–Crippen MR) is 484 cm³/mol. The maximum absolute atomic E-state index is 15.5. The molecule has 1 aliphatic heterocycles. The van der Waals surface area contributed by atoms with Gasteiger partial charge in [0.15, 0.2) is 11.6 Å². The number of unbranched alkanes of at least 4 members (excludes halogenated alkanes) is 1. The molecular weight excluding hydrogens is 1640 g/mol. The normalized spacial score (nSPS) is 22.3. The van der Waals surface area contributed by atoms with Crippen molar-refractivity contribution in [1.29, 1.82) is 0 Å². The number of rotatable bonds is 23. The van der Waals surface area contributed by atoms with Crippen LogP contribution < -0.4 is 37.6 Å². The molecule has 11 N–H and O–H groups in total. The third-order valence-electron chi connectivity index (χ3n) is 23.1. The fourth-order valence-corrected chi connectivity index (χ4v) is 16.5. The van der Waals surface area contributed by atoms with Crippen LogP contribution in [0.5, 0.6) is 11.5 Å². The van der Waals surface area contributed by atoms with E-state index in [1.54, 1.807) is 156 Å². The molecule has 0 radical (unpaired) electrons. The summed E-state index contributed by atoms with van der Waals surface area (Å²) in [6.45, 7) is 9.48. The number of likely N-dealkylation sites (N-methyl/N-ethyl adjacent to an activating group) is 5. The Labute approximate surface area is 746 Å². The van der Waals surface area contributed by atoms with E-state index in [-0.39, 0.29) is 93.8 Å². The van der Waals surface area contributed by atoms with Gasteiger partial charge in [-0.3, -0.25) is 71.9 Å². The molecule has 7 aromatic rings. The van der Waals surface area contributed by atoms with Crippen molar-refractivity contribution in [2.24, 2.45) is 29.4 Å². The lowest BCUT2D eigenvalue weighted by Gasteiger charge is -2.37. The van der Waals surface area contributed by atoms with Gasteiger partial charge in [-0.2, -0.15) is 0 Å². The highest BCUT2D eigenvalue weighted by molar-refractivity contribution is 8.00. The van der Waals surface area contributed by atoms with Crippen LogP contribution in [0.2, 0.25) is 0 Å². The van der Waals surface area contributed by atoms with Gasteiger partial charge >= 0.3 is 0 Å². The number of aromatic amines is 1. The molecule has 1 fully saturated rings. The zero-order valence-corrected chi connectivity index (χ0v) is 75.2. The van der Waals surface area contributed by atoms with Gasteiger partial charge in [0.25, 0.3) is 0 Å². The van der Waals surface area contributed by atoms with Gasteiger partial charge in [0.2, 0.25) is 70.9 Å². The summed E-state index contributed by atoms with van der Waals surface area (Å²) in [4.78, 5) is 232. The van der Waals surface area contributed by atoms with Gasteiger partial charge in [-0.05, 0) is 94.8 Å². The monoisotopic (exact) mass is 1760 g/mol. The maximum Gasteiger partial charge on any atom is 0.246 e. The number of aromatic hydroxyl groups is 2. The number of primary amides is 1. The third kappa shape index (κ3) is 30.1. The molecular formula is C96H123N13O17S. The van der Waals surface area contributed by atoms with Gasteiger partial charge in [-0.15, -0.1) is 11.8 Å². The topological polar surface area (TPSA) is 427 Å². The van der Waals surface area contributed by atoms with Crippen molar-refractivity contribution >= 4 is 111 Å². The number of nitrogens with zero attached hydrogens (tertiary/aromatic N) is 5. The van der Waals surface area contributed by atoms with Crippen LogP contribution in [0.15, 0.2) is 170 Å². The van der Waals surface area contributed by atoms with Crippen LogP contribution in [-0.4, -0.2) is 242 Å². The summed E-state index contributed by atoms with van der Waals surface area (Å²) in [7, 11) is 7.04. The predicted octanol–water partition coefficient (Wildman–Crippen LogP) is 6.68. The van der Waals surface area contributed by atoms with Crippen molar-refractivity contribution in [2.75, 3.05) is 59.8 Å². The number of phenolic OH excluding ortho intramolecular Hbond substituents is 2. The van der Waals surface area contributed by atoms with Crippen LogP contribution in [0.3, 0.4) is 0 Å². The summed E-state index contributed by atoms with van der Waals surface area (Å²) in [6.07, 6.45) is 0.490. The van der Waals surface area contributed by atoms with Gasteiger partial charge in [-0.1, -0.05) is 188 Å². The summed E-state index contributed by atoms with van der Waals surface area (Å²) >= 11 is 0.898. The van der Waals surface area contributed by atoms with Gasteiger partial charge < -0.3 is 77.3 Å². The number of benzene rings is 6. The van der Waals surface area contributed by atoms with E-state index in [9.17, 15) is 43.8 Å². The molecule has 0 unspecified atom stereocenters. The number of nitrogens with two attached hydrogens (primary N) is 1. The fraction of sp³-hybridized carbons (Fsp3) is 0.448. The van der Waals surface area contributed by atoms with E-state index < -0.39 is 192 Å². The Kier molecular flexibility index (Phi) is 38.4. The van der Waals surface area contributed by atoms with Crippen LogP contribution in [0, 0.1) is 23.7 Å². The largest absolute Gasteiger partial charge is 0.508 e. The molecule has 680 valence electrons. The first-order valence-electron chi connectivity index (χ1n) is 43.3. The lowest BCUT2D eigenvalue weighted by atomic mass is 9.83. The number of amides is 12. The molecule has 6 aromatic carbocycles. The molecule has 127 heavy (non-hydrogen) atoms. The third-order valence-corrected chi connectivity index (χ3v) is 24.1. The number of Topliss-reactive ketones (excluding diaryl/α,β-unsaturated/α-hetero) is 3. The second kappa shape index (κ2) is 48.8. The Hall–Kier alpha value is -12.5. The Morgan fingerprint density at radius 1 is 0.465 bits per heavy atom. The first kappa shape index (κ1) is 99.9. The lowest BCUT2D eigenvalue weighted by molar-refractivity contribution is -0.151. The Morgan fingerprint density at radius 2 is 0.937 bits per heavy atom. The standard InChI is InChI=1S/C96H123N13O17S/c1-12-14-34-80-95(125)105(7)55-70(112)51-66(13-2)84(114)53-72(60(5)6)92(122)108(10)81(49-62-28-20-16-21-29-62)91(121)103-77(48-65-37-41-69(111)42-38-65)93(123)106(8)56-86(116)99-76(52-67-54-98-73-33-25-24-32-71(67)73)90(120)102-75(46-64-35-39-68(110)40-36-64)89(119)101-74(45-59(3)4)88(118)104-79(83(113)43-44-85(97)115)57-127-58-87(117)100-78(47-61-26-18-15-19-27-61)94(124)109(11)82(96(126)107(80)9)50-63-30-22-17-23-31-63/h15-33,35-42,54,59-60,66,72,74-82,98,110-111H,12-14,34,43-53,55-58H2,1-11H3,(H2,97,115)(H,99,116)(H,100,117)(H,101,119)(H,102,120)(H,103,121)(H,104,118)/t66-,72+,74+,75+,76+,77+,78+,79+,80+,81+,82+/m1/s1. The highest BCUT2D eigenvalue weighted by Crippen LogP contribution is 2.28. The van der Waals surface area contributed by atoms with E-state index in [1.807, 2.05) is 6.92 Å². The van der Waals surface area contributed by atoms with Gasteiger partial charge in [-0.25, -0.2) is 0 Å². The number of nitrogens with one attached hydrogen (secondary N) is 7. The molecule has 1 saturated heterocycles. The average Bonchev–Trinajstić information content (AvgIpc) is 0.834. The molecule has 12 amide bonds. The van der Waals surface area contributed by atoms with E-state index >= 15 is 38.4 Å². The number of hydrogen-bond donors (Lipinski definition) is 10. The molecule has 0 spiro atoms. The number of ketones is 3. The number of H-pyrrole nitrogens is 1. The molecule has 11 atom stereocenters. The molecule has 2 heterocycles. The number of fused-ring (bicyclic) bond motifs is 1. The highest BCUT2D eigenvalue weighted by Gasteiger charge is 2.42. The molecule has 8 rings (SSSR count). The number of carbonyl (C=O) groups is 15. The molecule has 30 nitrogen and oxygen atoms in total. The summed E-state index contributed by atoms with van der Waals surface area (Å²) in [5, 5.41) is 38.3. The van der Waals surface area contributed by atoms with Crippen molar-refractivity contribution in [3.8, 4) is 11.5 Å². The second-order valence-corrected chi connectivity index (χ2v) is 34.8. The Balaban J connectivity index is 1.20. The smallest absolute Gasteiger partial charge is 0.246 e. The molecule has 1 aliphatic rings. The number of hydrogen-bond acceptors (Lipinski definition) is 18. The van der Waals surface area contributed by atoms with E-state index in [0.717, 1.165) is 16.7 Å². The summed E-state index contributed by atoms with van der Waals surface area (Å²) < 4.78 is 0. The van der Waals surface area contributed by atoms with Gasteiger partial charge in [0.05, 0.1) is 24.9 Å². The van der Waals surface area contributed by atoms with Crippen molar-refractivity contribution < 1.29 is 82.1 Å². The van der Waals surface area contributed by atoms with Gasteiger partial charge in [0, 0.05) is 134 Å². The number of thioether (sulfide) groups is 1. The summed E-state index contributed by atoms with van der Waals surface area (Å²) in [5.41, 5.74) is 9.54. The number of aromatic nitrogens is 1. The minimum atomic E-state index is -1.56. The number of phenols is 2. The van der Waals surface area contributed by atoms with E-state index in [1.165, 1.54) is 103 Å². The number of para-hydroxylation sites is 1. The first-order chi connectivity index (χ1) is 60.5. The second-order valence-electron chi connectivity index (χ2n) is 33.7. The zero-order chi connectivity index (χ0) is 92.7. The van der Waals surface area contributed by atoms with Crippen molar-refractivity contribution in [3.63, 3.8) is 0 Å². The number of carbonyl (C=O) groups excluding carboxylic acids is 15. The molecule has 0 bridgehead atoms. The van der Waals surface area contributed by atoms with E-state index in [2.05, 4.69) is 36.9 Å². The first-order valence-corrected chi connectivity index (χ1v) is 44.4. The lowest BCUT2D eigenvalue weighted by Crippen LogP contribution is -2.59. The van der Waals surface area contributed by atoms with Gasteiger partial charge in [0.1, 0.15) is 65.6 Å². The van der Waals surface area contributed by atoms with Crippen molar-refractivity contribution in [2.45, 2.75) is 192 Å². The van der Waals surface area contributed by atoms with Crippen LogP contribution in [-0.2, 0) is 110 Å². The maximum atomic E-state index is 15.5. The van der Waals surface area contributed by atoms with Crippen LogP contribution in [0.4, 0.5) is 0 Å². The molecule has 1 aromatic heterocycles. The Bertz CT molecular complexity index is 4940. The molecule has 0 aliphatic carbocycles. The highest BCUT2D eigenvalue weighted by atomic mass is 32.2. The van der Waals surface area contributed by atoms with Crippen LogP contribution >= 0.6 is 11.8 Å². The van der Waals surface area contributed by atoms with Crippen LogP contribution in [0.1, 0.15) is 133 Å². The molecule has 31 heteroatoms. The van der Waals surface area contributed by atoms with Crippen molar-refractivity contribution in [3.05, 3.63) is 203 Å². The fourth-order valence-electron chi connectivity index (χ4n) is 15.6. The minimum absolute atomic E-state index is 0.0526. The van der Waals surface area contributed by atoms with Crippen LogP contribution in [0.25, 0.3) is 10.9 Å². The molecule has 0 saturated carbocycles. The van der Waals surface area contributed by atoms with E-state index in [0.29, 0.717) is 57.1 Å². The van der Waals surface area contributed by atoms with E-state index in [4.69, 9.17) is 5.73 Å². The SMILES string of the molecule is CCCC[C@H]1C(=O)N(C)CC(=O)C[C@@H](CC)C(=O)C[C@@H](C(C)C)C(=O)N(C)[C@@H](Cc2ccccc2)C(=O)N[C@@H](Cc2ccc(O)cc2)C(=O)N(C)CC(=O)N[C@@H](Cc2c[nH]c3ccccc23)C(=O)N[C@@H](Cc2ccc(O)cc2)C(=O)N[C@@H](CC(C)C)C(=O)N[C@H](C(=O)CCC(N)=O)CSCC(=O)N[C@@H](Cc2ccccc2)C(=O)N(C)[C@@H](Cc2ccccc2)C(=O)N1C. The summed E-state index contributed by atoms with van der Waals surface area (Å²) in [5.74, 6) is -14.6. The average molecular weight is 1760 g/mol.